The fraction of sp³-hybridized carbons (Fsp3) is 0.222. The van der Waals surface area contributed by atoms with Crippen LogP contribution in [0.25, 0.3) is 17.1 Å². The monoisotopic (exact) mass is 311 g/mol. The number of nitrogens with zero attached hydrogens (tertiary/aromatic N) is 3. The Morgan fingerprint density at radius 3 is 2.32 bits per heavy atom. The number of hydrogen-bond acceptors (Lipinski definition) is 2. The second kappa shape index (κ2) is 6.32. The molecule has 0 aliphatic rings. The summed E-state index contributed by atoms with van der Waals surface area (Å²) in [6.07, 6.45) is 0.884. The predicted molar refractivity (Wildman–Crippen MR) is 90.3 cm³/mol. The van der Waals surface area contributed by atoms with Crippen LogP contribution in [-0.2, 0) is 6.42 Å². The van der Waals surface area contributed by atoms with Crippen molar-refractivity contribution in [3.63, 3.8) is 0 Å². The average molecular weight is 312 g/mol. The molecule has 3 aromatic rings. The Kier molecular flexibility index (Phi) is 4.25. The number of aromatic nitrogens is 3. The van der Waals surface area contributed by atoms with Gasteiger partial charge in [-0.15, -0.1) is 5.10 Å². The van der Waals surface area contributed by atoms with Gasteiger partial charge in [-0.05, 0) is 42.3 Å². The van der Waals surface area contributed by atoms with Gasteiger partial charge in [0.05, 0.1) is 5.69 Å². The molecule has 22 heavy (non-hydrogen) atoms. The minimum Gasteiger partial charge on any atom is -0.217 e. The minimum absolute atomic E-state index is 0.518. The number of rotatable bonds is 4. The molecule has 0 bridgehead atoms. The first kappa shape index (κ1) is 14.8. The summed E-state index contributed by atoms with van der Waals surface area (Å²) in [5.41, 5.74) is 2.01. The maximum absolute atomic E-state index is 5.95. The molecular weight excluding hydrogens is 294 g/mol. The van der Waals surface area contributed by atoms with Crippen molar-refractivity contribution in [1.82, 2.24) is 14.8 Å². The van der Waals surface area contributed by atoms with Gasteiger partial charge >= 0.3 is 0 Å². The van der Waals surface area contributed by atoms with Gasteiger partial charge in [-0.3, -0.25) is 0 Å². The summed E-state index contributed by atoms with van der Waals surface area (Å²) in [6.45, 7) is 4.37. The van der Waals surface area contributed by atoms with Crippen LogP contribution in [0.4, 0.5) is 0 Å². The van der Waals surface area contributed by atoms with Gasteiger partial charge in [0.1, 0.15) is 5.82 Å². The largest absolute Gasteiger partial charge is 0.217 e. The van der Waals surface area contributed by atoms with E-state index in [4.69, 9.17) is 21.7 Å². The Morgan fingerprint density at radius 1 is 1.00 bits per heavy atom. The van der Waals surface area contributed by atoms with Crippen molar-refractivity contribution < 1.29 is 0 Å². The van der Waals surface area contributed by atoms with Crippen LogP contribution in [0, 0.1) is 5.92 Å². The first-order valence-electron chi connectivity index (χ1n) is 7.41. The second-order valence-corrected chi connectivity index (χ2v) is 6.14. The highest BCUT2D eigenvalue weighted by atomic mass is 35.5. The highest BCUT2D eigenvalue weighted by Gasteiger charge is 2.14. The summed E-state index contributed by atoms with van der Waals surface area (Å²) in [4.78, 5) is 4.74. The molecule has 0 N–H and O–H groups in total. The fourth-order valence-electron chi connectivity index (χ4n) is 2.34. The van der Waals surface area contributed by atoms with E-state index in [1.807, 2.05) is 59.3 Å². The van der Waals surface area contributed by atoms with E-state index in [9.17, 15) is 0 Å². The molecule has 0 saturated heterocycles. The van der Waals surface area contributed by atoms with Crippen LogP contribution in [0.2, 0.25) is 5.02 Å². The average Bonchev–Trinajstić information content (AvgIpc) is 2.92. The molecule has 4 heteroatoms. The Hall–Kier alpha value is -2.13. The molecule has 0 spiro atoms. The highest BCUT2D eigenvalue weighted by Crippen LogP contribution is 2.21. The molecule has 0 unspecified atom stereocenters. The van der Waals surface area contributed by atoms with Gasteiger partial charge in [-0.2, -0.15) is 0 Å². The van der Waals surface area contributed by atoms with E-state index >= 15 is 0 Å². The van der Waals surface area contributed by atoms with Gasteiger partial charge < -0.3 is 0 Å². The van der Waals surface area contributed by atoms with Gasteiger partial charge in [-0.25, -0.2) is 9.67 Å². The number of benzene rings is 2. The van der Waals surface area contributed by atoms with Crippen molar-refractivity contribution in [2.75, 3.05) is 0 Å². The third kappa shape index (κ3) is 3.20. The predicted octanol–water partition coefficient (Wildman–Crippen LogP) is 4.79. The van der Waals surface area contributed by atoms with Gasteiger partial charge in [-0.1, -0.05) is 43.6 Å². The molecule has 0 amide bonds. The zero-order valence-electron chi connectivity index (χ0n) is 12.7. The molecule has 3 rings (SSSR count). The van der Waals surface area contributed by atoms with Crippen molar-refractivity contribution in [1.29, 1.82) is 0 Å². The molecule has 0 aliphatic heterocycles. The standard InChI is InChI=1S/C18H18ClN3/c1-13(2)12-17-20-18(14-8-10-15(19)11-9-14)21-22(17)16-6-4-3-5-7-16/h3-11,13H,12H2,1-2H3. The maximum atomic E-state index is 5.95. The van der Waals surface area contributed by atoms with Crippen molar-refractivity contribution in [2.24, 2.45) is 5.92 Å². The van der Waals surface area contributed by atoms with E-state index in [0.717, 1.165) is 29.3 Å². The smallest absolute Gasteiger partial charge is 0.181 e. The Bertz CT molecular complexity index is 746. The summed E-state index contributed by atoms with van der Waals surface area (Å²) in [5, 5.41) is 5.41. The Morgan fingerprint density at radius 2 is 1.68 bits per heavy atom. The van der Waals surface area contributed by atoms with E-state index in [-0.39, 0.29) is 0 Å². The normalized spacial score (nSPS) is 11.1. The lowest BCUT2D eigenvalue weighted by molar-refractivity contribution is 0.605. The van der Waals surface area contributed by atoms with Crippen molar-refractivity contribution >= 4 is 11.6 Å². The molecule has 0 radical (unpaired) electrons. The third-order valence-electron chi connectivity index (χ3n) is 3.37. The third-order valence-corrected chi connectivity index (χ3v) is 3.62. The van der Waals surface area contributed by atoms with Crippen LogP contribution in [0.3, 0.4) is 0 Å². The zero-order chi connectivity index (χ0) is 15.5. The van der Waals surface area contributed by atoms with Crippen molar-refractivity contribution in [2.45, 2.75) is 20.3 Å². The summed E-state index contributed by atoms with van der Waals surface area (Å²) in [7, 11) is 0. The number of para-hydroxylation sites is 1. The molecule has 1 heterocycles. The van der Waals surface area contributed by atoms with Crippen LogP contribution in [0.15, 0.2) is 54.6 Å². The molecule has 1 aromatic heterocycles. The van der Waals surface area contributed by atoms with Crippen LogP contribution >= 0.6 is 11.6 Å². The number of halogens is 1. The van der Waals surface area contributed by atoms with Crippen LogP contribution < -0.4 is 0 Å². The summed E-state index contributed by atoms with van der Waals surface area (Å²) >= 11 is 5.95. The lowest BCUT2D eigenvalue weighted by atomic mass is 10.1. The maximum Gasteiger partial charge on any atom is 0.181 e. The molecular formula is C18H18ClN3. The van der Waals surface area contributed by atoms with Crippen LogP contribution in [-0.4, -0.2) is 14.8 Å². The Balaban J connectivity index is 2.06. The van der Waals surface area contributed by atoms with Crippen LogP contribution in [0.1, 0.15) is 19.7 Å². The first-order valence-corrected chi connectivity index (χ1v) is 7.78. The molecule has 3 nitrogen and oxygen atoms in total. The van der Waals surface area contributed by atoms with Crippen molar-refractivity contribution in [3.05, 3.63) is 65.4 Å². The van der Waals surface area contributed by atoms with E-state index in [0.29, 0.717) is 10.9 Å². The molecule has 0 saturated carbocycles. The van der Waals surface area contributed by atoms with E-state index < -0.39 is 0 Å². The molecule has 0 fully saturated rings. The van der Waals surface area contributed by atoms with Gasteiger partial charge in [0.15, 0.2) is 5.82 Å². The summed E-state index contributed by atoms with van der Waals surface area (Å²) < 4.78 is 1.93. The SMILES string of the molecule is CC(C)Cc1nc(-c2ccc(Cl)cc2)nn1-c1ccccc1. The van der Waals surface area contributed by atoms with E-state index in [1.54, 1.807) is 0 Å². The topological polar surface area (TPSA) is 30.7 Å². The van der Waals surface area contributed by atoms with E-state index in [1.165, 1.54) is 0 Å². The molecule has 0 aliphatic carbocycles. The summed E-state index contributed by atoms with van der Waals surface area (Å²) in [6, 6.07) is 17.7. The summed E-state index contributed by atoms with van der Waals surface area (Å²) in [5.74, 6) is 2.23. The van der Waals surface area contributed by atoms with Gasteiger partial charge in [0.2, 0.25) is 0 Å². The quantitative estimate of drug-likeness (QED) is 0.694. The first-order chi connectivity index (χ1) is 10.6. The Labute approximate surface area is 135 Å². The number of hydrogen-bond donors (Lipinski definition) is 0. The molecule has 112 valence electrons. The lowest BCUT2D eigenvalue weighted by Gasteiger charge is -2.07. The lowest BCUT2D eigenvalue weighted by Crippen LogP contribution is -2.06. The minimum atomic E-state index is 0.518. The van der Waals surface area contributed by atoms with E-state index in [2.05, 4.69) is 13.8 Å². The van der Waals surface area contributed by atoms with Gasteiger partial charge in [0, 0.05) is 17.0 Å². The highest BCUT2D eigenvalue weighted by molar-refractivity contribution is 6.30. The van der Waals surface area contributed by atoms with Crippen LogP contribution in [0.5, 0.6) is 0 Å². The molecule has 2 aromatic carbocycles. The van der Waals surface area contributed by atoms with Gasteiger partial charge in [0.25, 0.3) is 0 Å². The second-order valence-electron chi connectivity index (χ2n) is 5.70. The van der Waals surface area contributed by atoms with Crippen molar-refractivity contribution in [3.8, 4) is 17.1 Å². The zero-order valence-corrected chi connectivity index (χ0v) is 13.5. The fourth-order valence-corrected chi connectivity index (χ4v) is 2.46. The molecule has 0 atom stereocenters.